The maximum atomic E-state index is 5.84. The molecule has 0 aromatic rings. The molecule has 3 nitrogen and oxygen atoms in total. The van der Waals surface area contributed by atoms with Crippen LogP contribution in [0.2, 0.25) is 0 Å². The van der Waals surface area contributed by atoms with E-state index in [9.17, 15) is 0 Å². The molecule has 1 saturated heterocycles. The summed E-state index contributed by atoms with van der Waals surface area (Å²) >= 11 is 0. The van der Waals surface area contributed by atoms with Gasteiger partial charge in [0, 0.05) is 6.42 Å². The molecule has 1 N–H and O–H groups in total. The van der Waals surface area contributed by atoms with Crippen molar-refractivity contribution in [3.8, 4) is 0 Å². The molecule has 80 valence electrons. The van der Waals surface area contributed by atoms with Crippen LogP contribution in [0.1, 0.15) is 26.2 Å². The van der Waals surface area contributed by atoms with Crippen molar-refractivity contribution in [3.63, 3.8) is 0 Å². The highest BCUT2D eigenvalue weighted by molar-refractivity contribution is 5.10. The van der Waals surface area contributed by atoms with E-state index in [1.54, 1.807) is 0 Å². The second-order valence-corrected chi connectivity index (χ2v) is 4.07. The topological polar surface area (TPSA) is 30.5 Å². The fourth-order valence-electron chi connectivity index (χ4n) is 2.24. The number of hydrogen-bond donors (Lipinski definition) is 1. The Kier molecular flexibility index (Phi) is 3.08. The van der Waals surface area contributed by atoms with Crippen molar-refractivity contribution in [1.29, 1.82) is 0 Å². The minimum Gasteiger partial charge on any atom is -0.496 e. The fraction of sp³-hybridized carbons (Fsp3) is 0.818. The van der Waals surface area contributed by atoms with Gasteiger partial charge in [-0.25, -0.2) is 0 Å². The van der Waals surface area contributed by atoms with Crippen LogP contribution in [0.3, 0.4) is 0 Å². The summed E-state index contributed by atoms with van der Waals surface area (Å²) in [5.41, 5.74) is 0. The number of hydrogen-bond acceptors (Lipinski definition) is 3. The van der Waals surface area contributed by atoms with E-state index in [0.717, 1.165) is 31.6 Å². The molecule has 1 fully saturated rings. The number of nitrogens with one attached hydrogen (secondary N) is 1. The average Bonchev–Trinajstić information content (AvgIpc) is 2.79. The van der Waals surface area contributed by atoms with E-state index >= 15 is 0 Å². The van der Waals surface area contributed by atoms with Crippen molar-refractivity contribution in [3.05, 3.63) is 11.8 Å². The molecule has 0 radical (unpaired) electrons. The normalized spacial score (nSPS) is 34.0. The summed E-state index contributed by atoms with van der Waals surface area (Å²) in [6, 6.07) is 0.252. The molecule has 14 heavy (non-hydrogen) atoms. The van der Waals surface area contributed by atoms with Gasteiger partial charge in [0.1, 0.15) is 5.76 Å². The highest BCUT2D eigenvalue weighted by atomic mass is 16.5. The zero-order valence-corrected chi connectivity index (χ0v) is 8.95. The van der Waals surface area contributed by atoms with Gasteiger partial charge in [-0.3, -0.25) is 0 Å². The van der Waals surface area contributed by atoms with E-state index in [4.69, 9.17) is 9.47 Å². The maximum absolute atomic E-state index is 5.84. The smallest absolute Gasteiger partial charge is 0.112 e. The zero-order chi connectivity index (χ0) is 9.97. The lowest BCUT2D eigenvalue weighted by Gasteiger charge is -2.23. The van der Waals surface area contributed by atoms with E-state index in [1.165, 1.54) is 0 Å². The molecule has 3 unspecified atom stereocenters. The Balaban J connectivity index is 1.98. The quantitative estimate of drug-likeness (QED) is 0.742. The Labute approximate surface area is 85.5 Å². The molecule has 3 atom stereocenters. The van der Waals surface area contributed by atoms with Crippen LogP contribution in [0.5, 0.6) is 0 Å². The first kappa shape index (κ1) is 9.99. The van der Waals surface area contributed by atoms with Gasteiger partial charge in [-0.15, -0.1) is 0 Å². The van der Waals surface area contributed by atoms with Gasteiger partial charge in [0.2, 0.25) is 0 Å². The minimum atomic E-state index is 0.252. The Hall–Kier alpha value is -0.540. The molecular formula is C11H19NO2. The molecule has 0 amide bonds. The molecule has 2 heterocycles. The van der Waals surface area contributed by atoms with Gasteiger partial charge in [0.25, 0.3) is 0 Å². The Morgan fingerprint density at radius 1 is 1.50 bits per heavy atom. The monoisotopic (exact) mass is 197 g/mol. The van der Waals surface area contributed by atoms with Crippen LogP contribution >= 0.6 is 0 Å². The molecule has 2 rings (SSSR count). The van der Waals surface area contributed by atoms with Crippen molar-refractivity contribution in [2.75, 3.05) is 13.7 Å². The molecule has 2 aliphatic heterocycles. The molecule has 0 spiro atoms. The summed E-state index contributed by atoms with van der Waals surface area (Å²) in [5.74, 6) is 1.08. The lowest BCUT2D eigenvalue weighted by atomic mass is 10.1. The number of rotatable bonds is 3. The van der Waals surface area contributed by atoms with Crippen LogP contribution in [0, 0.1) is 0 Å². The first-order valence-electron chi connectivity index (χ1n) is 5.47. The first-order valence-corrected chi connectivity index (χ1v) is 5.47. The Bertz CT molecular complexity index is 227. The third-order valence-corrected chi connectivity index (χ3v) is 2.99. The van der Waals surface area contributed by atoms with E-state index in [0.29, 0.717) is 12.2 Å². The maximum Gasteiger partial charge on any atom is 0.112 e. The van der Waals surface area contributed by atoms with Crippen molar-refractivity contribution in [1.82, 2.24) is 5.32 Å². The van der Waals surface area contributed by atoms with Gasteiger partial charge in [-0.05, 0) is 32.9 Å². The summed E-state index contributed by atoms with van der Waals surface area (Å²) in [6.07, 6.45) is 6.20. The largest absolute Gasteiger partial charge is 0.496 e. The molecule has 0 saturated carbocycles. The fourth-order valence-corrected chi connectivity index (χ4v) is 2.24. The SMILES string of the molecule is CNC(C1=CCCO1)C1CCC(C)O1. The summed E-state index contributed by atoms with van der Waals surface area (Å²) in [4.78, 5) is 0. The molecule has 0 aromatic carbocycles. The lowest BCUT2D eigenvalue weighted by Crippen LogP contribution is -2.39. The highest BCUT2D eigenvalue weighted by Crippen LogP contribution is 2.26. The summed E-state index contributed by atoms with van der Waals surface area (Å²) in [5, 5.41) is 3.29. The molecule has 0 aliphatic carbocycles. The molecule has 2 aliphatic rings. The van der Waals surface area contributed by atoms with Crippen LogP contribution in [0.25, 0.3) is 0 Å². The average molecular weight is 197 g/mol. The summed E-state index contributed by atoms with van der Waals surface area (Å²) in [7, 11) is 1.97. The van der Waals surface area contributed by atoms with Crippen molar-refractivity contribution >= 4 is 0 Å². The molecule has 3 heteroatoms. The Morgan fingerprint density at radius 2 is 2.36 bits per heavy atom. The van der Waals surface area contributed by atoms with Crippen molar-refractivity contribution in [2.45, 2.75) is 44.4 Å². The van der Waals surface area contributed by atoms with Crippen LogP contribution in [0.15, 0.2) is 11.8 Å². The van der Waals surface area contributed by atoms with Gasteiger partial charge < -0.3 is 14.8 Å². The Morgan fingerprint density at radius 3 is 2.86 bits per heavy atom. The number of ether oxygens (including phenoxy) is 2. The standard InChI is InChI=1S/C11H19NO2/c1-8-5-6-10(14-8)11(12-2)9-4-3-7-13-9/h4,8,10-12H,3,5-7H2,1-2H3. The second kappa shape index (κ2) is 4.32. The number of likely N-dealkylation sites (N-methyl/N-ethyl adjacent to an activating group) is 1. The van der Waals surface area contributed by atoms with E-state index in [1.807, 2.05) is 7.05 Å². The highest BCUT2D eigenvalue weighted by Gasteiger charge is 2.32. The third kappa shape index (κ3) is 1.93. The second-order valence-electron chi connectivity index (χ2n) is 4.07. The van der Waals surface area contributed by atoms with Gasteiger partial charge >= 0.3 is 0 Å². The van der Waals surface area contributed by atoms with E-state index in [2.05, 4.69) is 18.3 Å². The van der Waals surface area contributed by atoms with Crippen LogP contribution in [0.4, 0.5) is 0 Å². The van der Waals surface area contributed by atoms with Gasteiger partial charge in [0.05, 0.1) is 24.9 Å². The summed E-state index contributed by atoms with van der Waals surface area (Å²) in [6.45, 7) is 2.96. The molecule has 0 bridgehead atoms. The van der Waals surface area contributed by atoms with Crippen molar-refractivity contribution in [2.24, 2.45) is 0 Å². The van der Waals surface area contributed by atoms with Crippen LogP contribution < -0.4 is 5.32 Å². The summed E-state index contributed by atoms with van der Waals surface area (Å²) < 4.78 is 11.4. The van der Waals surface area contributed by atoms with E-state index in [-0.39, 0.29) is 6.04 Å². The van der Waals surface area contributed by atoms with Crippen molar-refractivity contribution < 1.29 is 9.47 Å². The minimum absolute atomic E-state index is 0.252. The predicted octanol–water partition coefficient (Wildman–Crippen LogP) is 1.45. The molecule has 0 aromatic heterocycles. The third-order valence-electron chi connectivity index (χ3n) is 2.99. The first-order chi connectivity index (χ1) is 6.81. The van der Waals surface area contributed by atoms with Gasteiger partial charge in [-0.2, -0.15) is 0 Å². The van der Waals surface area contributed by atoms with Gasteiger partial charge in [-0.1, -0.05) is 0 Å². The molecular weight excluding hydrogens is 178 g/mol. The lowest BCUT2D eigenvalue weighted by molar-refractivity contribution is 0.0287. The predicted molar refractivity (Wildman–Crippen MR) is 55.1 cm³/mol. The van der Waals surface area contributed by atoms with Crippen LogP contribution in [-0.4, -0.2) is 31.9 Å². The van der Waals surface area contributed by atoms with Crippen LogP contribution in [-0.2, 0) is 9.47 Å². The van der Waals surface area contributed by atoms with Gasteiger partial charge in [0.15, 0.2) is 0 Å². The zero-order valence-electron chi connectivity index (χ0n) is 8.95. The van der Waals surface area contributed by atoms with E-state index < -0.39 is 0 Å².